The lowest BCUT2D eigenvalue weighted by Gasteiger charge is -1.96. The van der Waals surface area contributed by atoms with E-state index < -0.39 is 0 Å². The second-order valence-corrected chi connectivity index (χ2v) is 5.09. The highest BCUT2D eigenvalue weighted by Crippen LogP contribution is 2.30. The summed E-state index contributed by atoms with van der Waals surface area (Å²) in [4.78, 5) is 1.26. The van der Waals surface area contributed by atoms with Crippen LogP contribution in [0.25, 0.3) is 20.9 Å². The van der Waals surface area contributed by atoms with E-state index in [9.17, 15) is 0 Å². The van der Waals surface area contributed by atoms with E-state index in [-0.39, 0.29) is 6.61 Å². The Hall–Kier alpha value is -1.38. The van der Waals surface area contributed by atoms with Gasteiger partial charge in [-0.2, -0.15) is 0 Å². The molecule has 1 heterocycles. The van der Waals surface area contributed by atoms with Crippen molar-refractivity contribution >= 4 is 32.2 Å². The Morgan fingerprint density at radius 2 is 1.69 bits per heavy atom. The molecule has 2 aromatic carbocycles. The van der Waals surface area contributed by atoms with Crippen molar-refractivity contribution in [2.45, 2.75) is 6.42 Å². The number of benzene rings is 2. The largest absolute Gasteiger partial charge is 0.396 e. The summed E-state index contributed by atoms with van der Waals surface area (Å²) in [6.45, 7) is 0.229. The zero-order valence-electron chi connectivity index (χ0n) is 8.81. The first-order chi connectivity index (χ1) is 7.86. The van der Waals surface area contributed by atoms with Crippen molar-refractivity contribution in [2.75, 3.05) is 6.61 Å². The third-order valence-electron chi connectivity index (χ3n) is 2.79. The van der Waals surface area contributed by atoms with Gasteiger partial charge in [0.15, 0.2) is 0 Å². The normalized spacial score (nSPS) is 11.3. The van der Waals surface area contributed by atoms with Gasteiger partial charge < -0.3 is 5.11 Å². The summed E-state index contributed by atoms with van der Waals surface area (Å²) in [6, 6.07) is 15.0. The molecule has 3 rings (SSSR count). The number of aliphatic hydroxyl groups excluding tert-OH is 1. The molecule has 0 amide bonds. The minimum Gasteiger partial charge on any atom is -0.396 e. The molecule has 0 aliphatic carbocycles. The monoisotopic (exact) mass is 228 g/mol. The van der Waals surface area contributed by atoms with E-state index in [2.05, 4.69) is 42.5 Å². The molecule has 0 aliphatic rings. The lowest BCUT2D eigenvalue weighted by Crippen LogP contribution is -1.84. The topological polar surface area (TPSA) is 20.2 Å². The molecule has 2 heteroatoms. The highest BCUT2D eigenvalue weighted by molar-refractivity contribution is 7.19. The van der Waals surface area contributed by atoms with Crippen molar-refractivity contribution in [3.8, 4) is 0 Å². The summed E-state index contributed by atoms with van der Waals surface area (Å²) < 4.78 is 1.31. The van der Waals surface area contributed by atoms with E-state index in [0.29, 0.717) is 0 Å². The standard InChI is InChI=1S/C14H12OS/c15-6-5-13-8-12-7-10-3-1-2-4-11(10)9-14(12)16-13/h1-4,7-9,15H,5-6H2. The molecule has 0 bridgehead atoms. The molecule has 0 radical (unpaired) electrons. The third-order valence-corrected chi connectivity index (χ3v) is 3.95. The molecule has 0 fully saturated rings. The summed E-state index contributed by atoms with van der Waals surface area (Å²) in [5.74, 6) is 0. The van der Waals surface area contributed by atoms with Gasteiger partial charge in [-0.05, 0) is 34.4 Å². The molecule has 1 nitrogen and oxygen atoms in total. The third kappa shape index (κ3) is 1.60. The van der Waals surface area contributed by atoms with Gasteiger partial charge in [0.2, 0.25) is 0 Å². The first kappa shape index (κ1) is 9.82. The van der Waals surface area contributed by atoms with E-state index in [1.807, 2.05) is 0 Å². The maximum Gasteiger partial charge on any atom is 0.0479 e. The minimum absolute atomic E-state index is 0.229. The van der Waals surface area contributed by atoms with Gasteiger partial charge in [-0.15, -0.1) is 11.3 Å². The van der Waals surface area contributed by atoms with Crippen molar-refractivity contribution in [1.29, 1.82) is 0 Å². The zero-order valence-corrected chi connectivity index (χ0v) is 9.63. The van der Waals surface area contributed by atoms with Crippen LogP contribution in [0.2, 0.25) is 0 Å². The Kier molecular flexibility index (Phi) is 2.39. The molecule has 16 heavy (non-hydrogen) atoms. The number of hydrogen-bond acceptors (Lipinski definition) is 2. The van der Waals surface area contributed by atoms with Crippen molar-refractivity contribution in [2.24, 2.45) is 0 Å². The number of hydrogen-bond donors (Lipinski definition) is 1. The van der Waals surface area contributed by atoms with E-state index in [0.717, 1.165) is 6.42 Å². The number of aliphatic hydroxyl groups is 1. The Morgan fingerprint density at radius 1 is 0.938 bits per heavy atom. The molecule has 0 unspecified atom stereocenters. The van der Waals surface area contributed by atoms with Crippen LogP contribution in [-0.2, 0) is 6.42 Å². The van der Waals surface area contributed by atoms with Gasteiger partial charge in [0, 0.05) is 22.6 Å². The van der Waals surface area contributed by atoms with Gasteiger partial charge in [-0.3, -0.25) is 0 Å². The van der Waals surface area contributed by atoms with Crippen molar-refractivity contribution in [3.05, 3.63) is 47.3 Å². The van der Waals surface area contributed by atoms with Gasteiger partial charge >= 0.3 is 0 Å². The molecular formula is C14H12OS. The zero-order chi connectivity index (χ0) is 11.0. The van der Waals surface area contributed by atoms with Crippen LogP contribution < -0.4 is 0 Å². The summed E-state index contributed by atoms with van der Waals surface area (Å²) in [7, 11) is 0. The predicted octanol–water partition coefficient (Wildman–Crippen LogP) is 3.59. The molecule has 1 N–H and O–H groups in total. The van der Waals surface area contributed by atoms with Gasteiger partial charge in [-0.25, -0.2) is 0 Å². The summed E-state index contributed by atoms with van der Waals surface area (Å²) in [6.07, 6.45) is 0.760. The molecule has 3 aromatic rings. The Bertz CT molecular complexity index is 587. The van der Waals surface area contributed by atoms with Crippen LogP contribution in [0.15, 0.2) is 42.5 Å². The Balaban J connectivity index is 2.25. The van der Waals surface area contributed by atoms with Crippen molar-refractivity contribution < 1.29 is 5.11 Å². The molecule has 80 valence electrons. The fourth-order valence-electron chi connectivity index (χ4n) is 2.02. The van der Waals surface area contributed by atoms with Gasteiger partial charge in [0.1, 0.15) is 0 Å². The van der Waals surface area contributed by atoms with Crippen LogP contribution in [0.4, 0.5) is 0 Å². The predicted molar refractivity (Wildman–Crippen MR) is 70.1 cm³/mol. The van der Waals surface area contributed by atoms with E-state index >= 15 is 0 Å². The molecule has 0 spiro atoms. The van der Waals surface area contributed by atoms with Gasteiger partial charge in [-0.1, -0.05) is 24.3 Å². The quantitative estimate of drug-likeness (QED) is 0.710. The van der Waals surface area contributed by atoms with Crippen LogP contribution >= 0.6 is 11.3 Å². The fraction of sp³-hybridized carbons (Fsp3) is 0.143. The summed E-state index contributed by atoms with van der Waals surface area (Å²) in [5, 5.41) is 12.8. The van der Waals surface area contributed by atoms with Crippen LogP contribution in [0, 0.1) is 0 Å². The van der Waals surface area contributed by atoms with E-state index in [4.69, 9.17) is 5.11 Å². The molecule has 0 aliphatic heterocycles. The van der Waals surface area contributed by atoms with Crippen LogP contribution in [0.3, 0.4) is 0 Å². The van der Waals surface area contributed by atoms with Crippen LogP contribution in [0.1, 0.15) is 4.88 Å². The first-order valence-corrected chi connectivity index (χ1v) is 6.20. The highest BCUT2D eigenvalue weighted by atomic mass is 32.1. The maximum absolute atomic E-state index is 8.94. The molecular weight excluding hydrogens is 216 g/mol. The smallest absolute Gasteiger partial charge is 0.0479 e. The van der Waals surface area contributed by atoms with Crippen LogP contribution in [0.5, 0.6) is 0 Å². The second kappa shape index (κ2) is 3.89. The highest BCUT2D eigenvalue weighted by Gasteiger charge is 2.02. The molecule has 1 aromatic heterocycles. The molecule has 0 atom stereocenters. The lowest BCUT2D eigenvalue weighted by atomic mass is 10.1. The van der Waals surface area contributed by atoms with E-state index in [1.54, 1.807) is 11.3 Å². The van der Waals surface area contributed by atoms with Gasteiger partial charge in [0.05, 0.1) is 0 Å². The first-order valence-electron chi connectivity index (χ1n) is 5.39. The van der Waals surface area contributed by atoms with Crippen LogP contribution in [-0.4, -0.2) is 11.7 Å². The Labute approximate surface area is 98.0 Å². The SMILES string of the molecule is OCCc1cc2cc3ccccc3cc2s1. The average Bonchev–Trinajstić information content (AvgIpc) is 2.67. The average molecular weight is 228 g/mol. The fourth-order valence-corrected chi connectivity index (χ4v) is 3.10. The number of rotatable bonds is 2. The van der Waals surface area contributed by atoms with Gasteiger partial charge in [0.25, 0.3) is 0 Å². The lowest BCUT2D eigenvalue weighted by molar-refractivity contribution is 0.300. The molecule has 0 saturated heterocycles. The number of fused-ring (bicyclic) bond motifs is 2. The molecule has 0 saturated carbocycles. The Morgan fingerprint density at radius 3 is 2.44 bits per heavy atom. The van der Waals surface area contributed by atoms with E-state index in [1.165, 1.54) is 25.7 Å². The number of thiophene rings is 1. The second-order valence-electron chi connectivity index (χ2n) is 3.92. The summed E-state index contributed by atoms with van der Waals surface area (Å²) >= 11 is 1.78. The minimum atomic E-state index is 0.229. The summed E-state index contributed by atoms with van der Waals surface area (Å²) in [5.41, 5.74) is 0. The van der Waals surface area contributed by atoms with Crippen molar-refractivity contribution in [3.63, 3.8) is 0 Å². The maximum atomic E-state index is 8.94. The van der Waals surface area contributed by atoms with Crippen molar-refractivity contribution in [1.82, 2.24) is 0 Å².